The summed E-state index contributed by atoms with van der Waals surface area (Å²) in [4.78, 5) is 3.98. The molecule has 0 saturated heterocycles. The van der Waals surface area contributed by atoms with Gasteiger partial charge in [0.15, 0.2) is 6.23 Å². The summed E-state index contributed by atoms with van der Waals surface area (Å²) in [6, 6.07) is 4.96. The van der Waals surface area contributed by atoms with Gasteiger partial charge in [-0.25, -0.2) is 4.39 Å². The summed E-state index contributed by atoms with van der Waals surface area (Å²) < 4.78 is 19.2. The van der Waals surface area contributed by atoms with Gasteiger partial charge in [-0.3, -0.25) is 4.98 Å². The zero-order chi connectivity index (χ0) is 14.1. The second-order valence-corrected chi connectivity index (χ2v) is 5.01. The SMILES string of the molecule is OCC1NC(Cc2cc(F)c3ncc(Cl)cc3c2)=CO1. The van der Waals surface area contributed by atoms with E-state index in [2.05, 4.69) is 10.3 Å². The molecule has 3 rings (SSSR count). The number of nitrogens with one attached hydrogen (secondary N) is 1. The largest absolute Gasteiger partial charge is 0.474 e. The summed E-state index contributed by atoms with van der Waals surface area (Å²) in [5, 5.41) is 13.1. The molecule has 1 atom stereocenters. The van der Waals surface area contributed by atoms with Gasteiger partial charge in [0.1, 0.15) is 17.6 Å². The third kappa shape index (κ3) is 2.55. The highest BCUT2D eigenvalue weighted by molar-refractivity contribution is 6.31. The number of ether oxygens (including phenoxy) is 1. The first-order valence-corrected chi connectivity index (χ1v) is 6.49. The summed E-state index contributed by atoms with van der Waals surface area (Å²) >= 11 is 5.88. The molecule has 1 aromatic heterocycles. The number of benzene rings is 1. The Labute approximate surface area is 119 Å². The second-order valence-electron chi connectivity index (χ2n) is 4.57. The number of pyridine rings is 1. The highest BCUT2D eigenvalue weighted by Crippen LogP contribution is 2.23. The van der Waals surface area contributed by atoms with Gasteiger partial charge < -0.3 is 15.2 Å². The van der Waals surface area contributed by atoms with Crippen LogP contribution in [0.25, 0.3) is 10.9 Å². The molecule has 1 aliphatic rings. The molecule has 20 heavy (non-hydrogen) atoms. The molecule has 6 heteroatoms. The van der Waals surface area contributed by atoms with Crippen LogP contribution in [0.2, 0.25) is 5.02 Å². The van der Waals surface area contributed by atoms with Crippen LogP contribution < -0.4 is 5.32 Å². The lowest BCUT2D eigenvalue weighted by molar-refractivity contribution is 0.0813. The van der Waals surface area contributed by atoms with Gasteiger partial charge in [0.2, 0.25) is 0 Å². The average molecular weight is 295 g/mol. The molecule has 0 spiro atoms. The van der Waals surface area contributed by atoms with Crippen LogP contribution in [0, 0.1) is 5.82 Å². The van der Waals surface area contributed by atoms with Crippen molar-refractivity contribution < 1.29 is 14.2 Å². The molecule has 2 heterocycles. The summed E-state index contributed by atoms with van der Waals surface area (Å²) in [5.74, 6) is -0.382. The van der Waals surface area contributed by atoms with E-state index in [1.54, 1.807) is 12.3 Å². The molecule has 4 nitrogen and oxygen atoms in total. The zero-order valence-electron chi connectivity index (χ0n) is 10.4. The van der Waals surface area contributed by atoms with Crippen molar-refractivity contribution in [1.29, 1.82) is 0 Å². The van der Waals surface area contributed by atoms with Crippen molar-refractivity contribution in [3.63, 3.8) is 0 Å². The maximum atomic E-state index is 14.0. The minimum Gasteiger partial charge on any atom is -0.474 e. The first-order chi connectivity index (χ1) is 9.65. The Bertz CT molecular complexity index is 690. The van der Waals surface area contributed by atoms with Crippen LogP contribution in [-0.2, 0) is 11.2 Å². The molecule has 1 unspecified atom stereocenters. The summed E-state index contributed by atoms with van der Waals surface area (Å²) in [6.45, 7) is -0.119. The van der Waals surface area contributed by atoms with Gasteiger partial charge in [0, 0.05) is 18.0 Å². The highest BCUT2D eigenvalue weighted by Gasteiger charge is 2.16. The van der Waals surface area contributed by atoms with Crippen molar-refractivity contribution in [2.45, 2.75) is 12.6 Å². The van der Waals surface area contributed by atoms with E-state index in [0.29, 0.717) is 22.3 Å². The minimum absolute atomic E-state index is 0.119. The van der Waals surface area contributed by atoms with Crippen LogP contribution in [0.5, 0.6) is 0 Å². The highest BCUT2D eigenvalue weighted by atomic mass is 35.5. The zero-order valence-corrected chi connectivity index (χ0v) is 11.2. The van der Waals surface area contributed by atoms with E-state index in [0.717, 1.165) is 11.3 Å². The van der Waals surface area contributed by atoms with Gasteiger partial charge in [-0.2, -0.15) is 0 Å². The monoisotopic (exact) mass is 294 g/mol. The lowest BCUT2D eigenvalue weighted by Gasteiger charge is -2.09. The van der Waals surface area contributed by atoms with Gasteiger partial charge in [-0.15, -0.1) is 0 Å². The fraction of sp³-hybridized carbons (Fsp3) is 0.214. The summed E-state index contributed by atoms with van der Waals surface area (Å²) in [6.07, 6.45) is 3.02. The van der Waals surface area contributed by atoms with Crippen LogP contribution in [0.4, 0.5) is 4.39 Å². The molecule has 0 saturated carbocycles. The number of rotatable bonds is 3. The van der Waals surface area contributed by atoms with E-state index >= 15 is 0 Å². The quantitative estimate of drug-likeness (QED) is 0.912. The first kappa shape index (κ1) is 13.1. The predicted octanol–water partition coefficient (Wildman–Crippen LogP) is 2.35. The van der Waals surface area contributed by atoms with Crippen molar-refractivity contribution in [2.75, 3.05) is 6.61 Å². The maximum absolute atomic E-state index is 14.0. The Morgan fingerprint density at radius 1 is 1.40 bits per heavy atom. The van der Waals surface area contributed by atoms with E-state index < -0.39 is 6.23 Å². The molecule has 1 aliphatic heterocycles. The molecular weight excluding hydrogens is 283 g/mol. The van der Waals surface area contributed by atoms with Crippen LogP contribution in [0.3, 0.4) is 0 Å². The molecule has 0 fully saturated rings. The van der Waals surface area contributed by atoms with Gasteiger partial charge in [-0.1, -0.05) is 11.6 Å². The number of nitrogens with zero attached hydrogens (tertiary/aromatic N) is 1. The number of hydrogen-bond acceptors (Lipinski definition) is 4. The third-order valence-corrected chi connectivity index (χ3v) is 3.25. The van der Waals surface area contributed by atoms with Crippen molar-refractivity contribution in [1.82, 2.24) is 10.3 Å². The number of allylic oxidation sites excluding steroid dienone is 1. The van der Waals surface area contributed by atoms with E-state index in [9.17, 15) is 4.39 Å². The van der Waals surface area contributed by atoms with Gasteiger partial charge in [0.25, 0.3) is 0 Å². The Balaban J connectivity index is 1.89. The molecule has 0 amide bonds. The lowest BCUT2D eigenvalue weighted by atomic mass is 10.1. The lowest BCUT2D eigenvalue weighted by Crippen LogP contribution is -2.28. The van der Waals surface area contributed by atoms with Gasteiger partial charge >= 0.3 is 0 Å². The second kappa shape index (κ2) is 5.26. The molecule has 1 aromatic carbocycles. The first-order valence-electron chi connectivity index (χ1n) is 6.11. The average Bonchev–Trinajstić information content (AvgIpc) is 2.85. The molecular formula is C14H12ClFN2O2. The molecule has 0 bridgehead atoms. The van der Waals surface area contributed by atoms with Crippen LogP contribution in [0.1, 0.15) is 5.56 Å². The Hall–Kier alpha value is -1.85. The fourth-order valence-corrected chi connectivity index (χ4v) is 2.35. The summed E-state index contributed by atoms with van der Waals surface area (Å²) in [7, 11) is 0. The molecule has 2 aromatic rings. The number of fused-ring (bicyclic) bond motifs is 1. The number of hydrogen-bond donors (Lipinski definition) is 2. The number of halogens is 2. The Morgan fingerprint density at radius 3 is 3.00 bits per heavy atom. The van der Waals surface area contributed by atoms with E-state index in [-0.39, 0.29) is 12.4 Å². The Kier molecular flexibility index (Phi) is 3.46. The molecule has 104 valence electrons. The van der Waals surface area contributed by atoms with E-state index in [4.69, 9.17) is 21.4 Å². The Morgan fingerprint density at radius 2 is 2.25 bits per heavy atom. The van der Waals surface area contributed by atoms with E-state index in [1.807, 2.05) is 6.07 Å². The minimum atomic E-state index is -0.425. The van der Waals surface area contributed by atoms with Crippen LogP contribution >= 0.6 is 11.6 Å². The topological polar surface area (TPSA) is 54.4 Å². The number of aromatic nitrogens is 1. The van der Waals surface area contributed by atoms with Crippen LogP contribution in [-0.4, -0.2) is 22.9 Å². The summed E-state index contributed by atoms with van der Waals surface area (Å²) in [5.41, 5.74) is 1.87. The third-order valence-electron chi connectivity index (χ3n) is 3.04. The molecule has 0 radical (unpaired) electrons. The molecule has 2 N–H and O–H groups in total. The van der Waals surface area contributed by atoms with Crippen molar-refractivity contribution in [3.8, 4) is 0 Å². The smallest absolute Gasteiger partial charge is 0.192 e. The van der Waals surface area contributed by atoms with Gasteiger partial charge in [-0.05, 0) is 23.8 Å². The standard InChI is InChI=1S/C14H12ClFN2O2/c15-10-4-9-1-8(3-12(16)14(9)17-5-10)2-11-7-20-13(6-19)18-11/h1,3-5,7,13,18-19H,2,6H2. The number of aliphatic hydroxyl groups excluding tert-OH is 1. The predicted molar refractivity (Wildman–Crippen MR) is 73.6 cm³/mol. The van der Waals surface area contributed by atoms with E-state index in [1.165, 1.54) is 12.3 Å². The fourth-order valence-electron chi connectivity index (χ4n) is 2.18. The number of aliphatic hydroxyl groups is 1. The maximum Gasteiger partial charge on any atom is 0.192 e. The van der Waals surface area contributed by atoms with Crippen LogP contribution in [0.15, 0.2) is 36.4 Å². The molecule has 0 aliphatic carbocycles. The van der Waals surface area contributed by atoms with Crippen molar-refractivity contribution in [3.05, 3.63) is 52.8 Å². The van der Waals surface area contributed by atoms with Crippen molar-refractivity contribution in [2.24, 2.45) is 0 Å². The van der Waals surface area contributed by atoms with Gasteiger partial charge in [0.05, 0.1) is 17.3 Å². The van der Waals surface area contributed by atoms with Crippen molar-refractivity contribution >= 4 is 22.5 Å². The normalized spacial score (nSPS) is 17.8.